The Labute approximate surface area is 346 Å². The molecule has 5 fully saturated rings. The van der Waals surface area contributed by atoms with Crippen molar-refractivity contribution in [2.45, 2.75) is 108 Å². The number of ketones is 2. The van der Waals surface area contributed by atoms with Gasteiger partial charge in [-0.15, -0.1) is 0 Å². The number of carbonyl (C=O) groups is 6. The Morgan fingerprint density at radius 1 is 1.07 bits per heavy atom. The van der Waals surface area contributed by atoms with Gasteiger partial charge in [-0.25, -0.2) is 0 Å². The first kappa shape index (κ1) is 42.4. The molecule has 58 heavy (non-hydrogen) atoms. The largest absolute Gasteiger partial charge is 0.481 e. The number of fused-ring (bicyclic) bond motifs is 7. The molecule has 0 unspecified atom stereocenters. The van der Waals surface area contributed by atoms with E-state index in [1.54, 1.807) is 24.1 Å². The molecule has 1 heterocycles. The maximum absolute atomic E-state index is 13.9. The summed E-state index contributed by atoms with van der Waals surface area (Å²) < 4.78 is 13.4. The van der Waals surface area contributed by atoms with E-state index in [0.29, 0.717) is 12.8 Å². The lowest BCUT2D eigenvalue weighted by atomic mass is 9.46. The number of likely N-dealkylation sites (N-methyl/N-ethyl adjacent to an activating group) is 1. The third kappa shape index (κ3) is 7.39. The van der Waals surface area contributed by atoms with Crippen LogP contribution in [0.15, 0.2) is 48.1 Å². The van der Waals surface area contributed by atoms with Crippen LogP contribution in [0, 0.1) is 34.5 Å². The van der Waals surface area contributed by atoms with Gasteiger partial charge in [0, 0.05) is 41.8 Å². The fourth-order valence-corrected chi connectivity index (χ4v) is 11.8. The first-order valence-corrected chi connectivity index (χ1v) is 21.5. The lowest BCUT2D eigenvalue weighted by Gasteiger charge is -2.59. The number of alkyl halides is 1. The molecule has 4 saturated carbocycles. The Kier molecular flexibility index (Phi) is 12.0. The second-order valence-electron chi connectivity index (χ2n) is 17.7. The van der Waals surface area contributed by atoms with E-state index in [9.17, 15) is 44.1 Å². The highest BCUT2D eigenvalue weighted by Gasteiger charge is 2.76. The topological polar surface area (TPSA) is 209 Å². The minimum absolute atomic E-state index is 0.00224. The quantitative estimate of drug-likeness (QED) is 0.172. The Balaban J connectivity index is 0.974. The Morgan fingerprint density at radius 2 is 1.79 bits per heavy atom. The number of carboxylic acid groups (broad SMARTS) is 1. The van der Waals surface area contributed by atoms with E-state index in [1.807, 2.05) is 37.3 Å². The average molecular weight is 869 g/mol. The molecule has 1 aromatic carbocycles. The van der Waals surface area contributed by atoms with Crippen LogP contribution in [0.25, 0.3) is 0 Å². The van der Waals surface area contributed by atoms with Crippen molar-refractivity contribution in [1.29, 1.82) is 0 Å². The van der Waals surface area contributed by atoms with E-state index in [4.69, 9.17) is 9.47 Å². The number of aliphatic hydroxyl groups is 2. The molecule has 0 bridgehead atoms. The second kappa shape index (κ2) is 16.4. The molecule has 0 aromatic heterocycles. The van der Waals surface area contributed by atoms with Crippen molar-refractivity contribution in [3.05, 3.63) is 59.2 Å². The number of carboxylic acids is 1. The van der Waals surface area contributed by atoms with Crippen molar-refractivity contribution in [2.24, 2.45) is 34.5 Å². The van der Waals surface area contributed by atoms with Crippen molar-refractivity contribution >= 4 is 51.2 Å². The van der Waals surface area contributed by atoms with Crippen LogP contribution in [0.2, 0.25) is 0 Å². The van der Waals surface area contributed by atoms with Crippen molar-refractivity contribution in [3.8, 4) is 0 Å². The molecule has 14 nitrogen and oxygen atoms in total. The number of ether oxygens (including phenoxy) is 2. The van der Waals surface area contributed by atoms with E-state index >= 15 is 0 Å². The number of halogens is 1. The van der Waals surface area contributed by atoms with Gasteiger partial charge in [-0.3, -0.25) is 28.8 Å². The summed E-state index contributed by atoms with van der Waals surface area (Å²) in [4.78, 5) is 76.3. The van der Waals surface area contributed by atoms with Crippen molar-refractivity contribution in [2.75, 3.05) is 25.5 Å². The number of carbonyl (C=O) groups excluding carboxylic acids is 5. The SMILES string of the molecule is CN(C(=O)[C@H](CCC(=O)O)NC(=O)CNC(=O)CBr)C1CC(Cc2ccc([C@@H]3O[C@@H]4C[C@H]5[C@@H]6CCC7=CC(=O)C=C[C@]7(C)[C@H]6[C@@H](O)C[C@]5(C)[C@]4(C(=O)CO)O3)cc2)C1. The molecule has 10 atom stereocenters. The maximum Gasteiger partial charge on any atom is 0.303 e. The van der Waals surface area contributed by atoms with Crippen LogP contribution in [0.5, 0.6) is 0 Å². The zero-order valence-corrected chi connectivity index (χ0v) is 34.7. The molecular weight excluding hydrogens is 814 g/mol. The predicted octanol–water partition coefficient (Wildman–Crippen LogP) is 2.93. The number of allylic oxidation sites excluding steroid dienone is 4. The standard InChI is InChI=1S/C43H54BrN3O11/c1-41-13-12-28(49)17-26(41)8-9-29-30-18-34-43(33(51)22-48,42(30,2)19-32(50)38(29)41)58-40(57-34)25-6-4-23(5-7-25)14-24-15-27(16-24)47(3)39(56)31(10-11-37(54)55)46-36(53)21-45-35(52)20-44/h4-7,12-13,17,24,27,29-32,34,38,40,48,50H,8-11,14-16,18-22H2,1-3H3,(H,45,52)(H,46,53)(H,54,55)/t24?,27?,29-,30-,31-,32-,34+,38+,40+,41-,42-,43+/m0/s1. The summed E-state index contributed by atoms with van der Waals surface area (Å²) in [5.41, 5.74) is 0.191. The summed E-state index contributed by atoms with van der Waals surface area (Å²) in [5.74, 6) is -2.66. The number of amides is 3. The van der Waals surface area contributed by atoms with E-state index in [0.717, 1.165) is 48.8 Å². The first-order chi connectivity index (χ1) is 27.5. The number of nitrogens with zero attached hydrogens (tertiary/aromatic N) is 1. The van der Waals surface area contributed by atoms with E-state index in [2.05, 4.69) is 33.5 Å². The number of benzene rings is 1. The van der Waals surface area contributed by atoms with Crippen LogP contribution < -0.4 is 10.6 Å². The zero-order chi connectivity index (χ0) is 41.7. The van der Waals surface area contributed by atoms with E-state index < -0.39 is 71.1 Å². The van der Waals surface area contributed by atoms with Gasteiger partial charge in [0.25, 0.3) is 0 Å². The number of rotatable bonds is 14. The molecule has 1 saturated heterocycles. The summed E-state index contributed by atoms with van der Waals surface area (Å²) in [6, 6.07) is 6.74. The van der Waals surface area contributed by atoms with Gasteiger partial charge < -0.3 is 40.3 Å². The number of hydrogen-bond acceptors (Lipinski definition) is 10. The summed E-state index contributed by atoms with van der Waals surface area (Å²) in [6.45, 7) is 3.09. The van der Waals surface area contributed by atoms with E-state index in [1.165, 1.54) is 0 Å². The Hall–Kier alpha value is -3.76. The zero-order valence-electron chi connectivity index (χ0n) is 33.2. The van der Waals surface area contributed by atoms with Crippen molar-refractivity contribution in [1.82, 2.24) is 15.5 Å². The molecule has 314 valence electrons. The molecular formula is C43H54BrN3O11. The highest BCUT2D eigenvalue weighted by atomic mass is 79.9. The van der Waals surface area contributed by atoms with Gasteiger partial charge in [0.15, 0.2) is 23.5 Å². The molecule has 5 N–H and O–H groups in total. The molecule has 7 rings (SSSR count). The van der Waals surface area contributed by atoms with Gasteiger partial charge in [-0.1, -0.05) is 65.7 Å². The van der Waals surface area contributed by atoms with E-state index in [-0.39, 0.29) is 66.1 Å². The van der Waals surface area contributed by atoms with Crippen LogP contribution in [0.3, 0.4) is 0 Å². The monoisotopic (exact) mass is 867 g/mol. The lowest BCUT2D eigenvalue weighted by Crippen LogP contribution is -2.63. The normalized spacial score (nSPS) is 36.2. The van der Waals surface area contributed by atoms with Crippen molar-refractivity contribution in [3.63, 3.8) is 0 Å². The minimum atomic E-state index is -1.43. The fourth-order valence-electron chi connectivity index (χ4n) is 11.6. The maximum atomic E-state index is 13.9. The molecule has 6 aliphatic rings. The Morgan fingerprint density at radius 3 is 2.47 bits per heavy atom. The highest BCUT2D eigenvalue weighted by molar-refractivity contribution is 9.09. The molecule has 15 heteroatoms. The molecule has 0 radical (unpaired) electrons. The van der Waals surface area contributed by atoms with Crippen LogP contribution in [-0.2, 0) is 44.7 Å². The van der Waals surface area contributed by atoms with Gasteiger partial charge in [-0.2, -0.15) is 0 Å². The fraction of sp³-hybridized carbons (Fsp3) is 0.628. The van der Waals surface area contributed by atoms with Crippen molar-refractivity contribution < 1.29 is 53.6 Å². The summed E-state index contributed by atoms with van der Waals surface area (Å²) in [7, 11) is 1.66. The highest BCUT2D eigenvalue weighted by Crippen LogP contribution is 2.70. The van der Waals surface area contributed by atoms with Crippen LogP contribution >= 0.6 is 15.9 Å². The number of aliphatic carboxylic acids is 1. The number of hydrogen-bond donors (Lipinski definition) is 5. The second-order valence-corrected chi connectivity index (χ2v) is 18.2. The lowest BCUT2D eigenvalue weighted by molar-refractivity contribution is -0.201. The van der Waals surface area contributed by atoms with Crippen LogP contribution in [0.1, 0.15) is 82.6 Å². The number of Topliss-reactive ketones (excluding diaryl/α,β-unsaturated/α-hetero) is 1. The van der Waals surface area contributed by atoms with Gasteiger partial charge in [0.2, 0.25) is 17.7 Å². The molecule has 0 spiro atoms. The smallest absolute Gasteiger partial charge is 0.303 e. The summed E-state index contributed by atoms with van der Waals surface area (Å²) >= 11 is 3.01. The van der Waals surface area contributed by atoms with Gasteiger partial charge in [-0.05, 0) is 86.8 Å². The number of aliphatic hydroxyl groups excluding tert-OH is 2. The minimum Gasteiger partial charge on any atom is -0.481 e. The van der Waals surface area contributed by atoms with Crippen LogP contribution in [0.4, 0.5) is 0 Å². The molecule has 1 aliphatic heterocycles. The first-order valence-electron chi connectivity index (χ1n) is 20.3. The van der Waals surface area contributed by atoms with Gasteiger partial charge in [0.05, 0.1) is 24.1 Å². The van der Waals surface area contributed by atoms with Gasteiger partial charge >= 0.3 is 5.97 Å². The number of nitrogens with one attached hydrogen (secondary N) is 2. The molecule has 3 amide bonds. The Bertz CT molecular complexity index is 1900. The van der Waals surface area contributed by atoms with Gasteiger partial charge in [0.1, 0.15) is 12.6 Å². The third-order valence-electron chi connectivity index (χ3n) is 14.5. The predicted molar refractivity (Wildman–Crippen MR) is 212 cm³/mol. The molecule has 5 aliphatic carbocycles. The summed E-state index contributed by atoms with van der Waals surface area (Å²) in [5, 5.41) is 36.5. The third-order valence-corrected chi connectivity index (χ3v) is 15.0. The summed E-state index contributed by atoms with van der Waals surface area (Å²) in [6.07, 6.45) is 7.30. The molecule has 1 aromatic rings. The average Bonchev–Trinajstić information content (AvgIpc) is 3.68. The van der Waals surface area contributed by atoms with Crippen LogP contribution in [-0.4, -0.2) is 111 Å².